The highest BCUT2D eigenvalue weighted by molar-refractivity contribution is 7.99. The van der Waals surface area contributed by atoms with Crippen LogP contribution in [-0.2, 0) is 0 Å². The van der Waals surface area contributed by atoms with Crippen molar-refractivity contribution in [1.29, 1.82) is 0 Å². The van der Waals surface area contributed by atoms with Crippen molar-refractivity contribution in [1.82, 2.24) is 5.32 Å². The van der Waals surface area contributed by atoms with E-state index >= 15 is 0 Å². The maximum Gasteiger partial charge on any atom is 0.118 e. The van der Waals surface area contributed by atoms with Gasteiger partial charge in [0.25, 0.3) is 0 Å². The summed E-state index contributed by atoms with van der Waals surface area (Å²) in [5.41, 5.74) is -0.0412. The summed E-state index contributed by atoms with van der Waals surface area (Å²) >= 11 is 1.88. The van der Waals surface area contributed by atoms with E-state index in [-0.39, 0.29) is 12.1 Å². The summed E-state index contributed by atoms with van der Waals surface area (Å²) in [6, 6.07) is 8.22. The third-order valence-electron chi connectivity index (χ3n) is 4.53. The molecule has 0 amide bonds. The van der Waals surface area contributed by atoms with Gasteiger partial charge in [0, 0.05) is 10.4 Å². The van der Waals surface area contributed by atoms with Gasteiger partial charge in [0.15, 0.2) is 0 Å². The highest BCUT2D eigenvalue weighted by Gasteiger charge is 2.40. The zero-order valence-corrected chi connectivity index (χ0v) is 13.2. The average molecular weight is 295 g/mol. The second-order valence-corrected chi connectivity index (χ2v) is 6.63. The normalized spacial score (nSPS) is 25.9. The highest BCUT2D eigenvalue weighted by atomic mass is 32.2. The summed E-state index contributed by atoms with van der Waals surface area (Å²) in [6.45, 7) is 0.251. The van der Waals surface area contributed by atoms with E-state index in [2.05, 4.69) is 17.4 Å². The van der Waals surface area contributed by atoms with Crippen molar-refractivity contribution < 1.29 is 9.84 Å². The van der Waals surface area contributed by atoms with Crippen molar-refractivity contribution in [2.75, 3.05) is 26.5 Å². The summed E-state index contributed by atoms with van der Waals surface area (Å²) < 4.78 is 5.17. The lowest BCUT2D eigenvalue weighted by Crippen LogP contribution is -2.49. The molecule has 0 saturated heterocycles. The van der Waals surface area contributed by atoms with Gasteiger partial charge in [0.1, 0.15) is 5.75 Å². The lowest BCUT2D eigenvalue weighted by Gasteiger charge is -2.33. The third kappa shape index (κ3) is 3.48. The molecule has 4 heteroatoms. The number of hydrogen-bond donors (Lipinski definition) is 2. The number of aliphatic hydroxyl groups excluding tert-OH is 1. The molecule has 2 rings (SSSR count). The third-order valence-corrected chi connectivity index (χ3v) is 5.58. The van der Waals surface area contributed by atoms with Crippen LogP contribution < -0.4 is 10.1 Å². The SMILES string of the molecule is CNC1(CO)CCCC1CCSc1ccc(OC)cc1. The zero-order valence-electron chi connectivity index (χ0n) is 12.4. The Labute approximate surface area is 126 Å². The molecular formula is C16H25NO2S. The summed E-state index contributed by atoms with van der Waals surface area (Å²) in [5.74, 6) is 2.59. The molecule has 1 aliphatic rings. The Bertz CT molecular complexity index is 403. The van der Waals surface area contributed by atoms with Crippen LogP contribution in [0.3, 0.4) is 0 Å². The first-order chi connectivity index (χ1) is 9.74. The number of benzene rings is 1. The van der Waals surface area contributed by atoms with E-state index < -0.39 is 0 Å². The molecule has 0 heterocycles. The van der Waals surface area contributed by atoms with Gasteiger partial charge in [0.2, 0.25) is 0 Å². The van der Waals surface area contributed by atoms with E-state index in [0.717, 1.165) is 24.3 Å². The van der Waals surface area contributed by atoms with E-state index in [9.17, 15) is 5.11 Å². The van der Waals surface area contributed by atoms with Gasteiger partial charge in [-0.15, -0.1) is 11.8 Å². The number of thioether (sulfide) groups is 1. The van der Waals surface area contributed by atoms with Gasteiger partial charge in [0.05, 0.1) is 13.7 Å². The Morgan fingerprint density at radius 1 is 1.40 bits per heavy atom. The van der Waals surface area contributed by atoms with Gasteiger partial charge in [-0.05, 0) is 62.2 Å². The quantitative estimate of drug-likeness (QED) is 0.759. The highest BCUT2D eigenvalue weighted by Crippen LogP contribution is 2.38. The van der Waals surface area contributed by atoms with Crippen molar-refractivity contribution >= 4 is 11.8 Å². The minimum Gasteiger partial charge on any atom is -0.497 e. The van der Waals surface area contributed by atoms with Crippen molar-refractivity contribution in [3.63, 3.8) is 0 Å². The fourth-order valence-corrected chi connectivity index (χ4v) is 4.14. The number of nitrogens with one attached hydrogen (secondary N) is 1. The molecule has 1 aromatic rings. The van der Waals surface area contributed by atoms with Crippen LogP contribution in [0.5, 0.6) is 5.75 Å². The van der Waals surface area contributed by atoms with Crippen LogP contribution in [0.2, 0.25) is 0 Å². The summed E-state index contributed by atoms with van der Waals surface area (Å²) in [5, 5.41) is 13.0. The van der Waals surface area contributed by atoms with Crippen molar-refractivity contribution in [2.24, 2.45) is 5.92 Å². The van der Waals surface area contributed by atoms with Gasteiger partial charge in [-0.1, -0.05) is 6.42 Å². The molecule has 0 bridgehead atoms. The van der Waals surface area contributed by atoms with E-state index in [1.807, 2.05) is 30.9 Å². The molecule has 2 unspecified atom stereocenters. The Kier molecular flexibility index (Phi) is 5.75. The maximum absolute atomic E-state index is 9.68. The molecule has 0 aliphatic heterocycles. The first-order valence-corrected chi connectivity index (χ1v) is 8.29. The van der Waals surface area contributed by atoms with Crippen LogP contribution in [-0.4, -0.2) is 37.2 Å². The number of likely N-dealkylation sites (N-methyl/N-ethyl adjacent to an activating group) is 1. The topological polar surface area (TPSA) is 41.5 Å². The van der Waals surface area contributed by atoms with Gasteiger partial charge < -0.3 is 15.2 Å². The summed E-state index contributed by atoms with van der Waals surface area (Å²) in [7, 11) is 3.67. The molecule has 2 atom stereocenters. The zero-order chi connectivity index (χ0) is 14.4. The molecule has 112 valence electrons. The number of ether oxygens (including phenoxy) is 1. The minimum atomic E-state index is -0.0412. The lowest BCUT2D eigenvalue weighted by molar-refractivity contribution is 0.130. The monoisotopic (exact) mass is 295 g/mol. The molecule has 0 radical (unpaired) electrons. The molecule has 1 aromatic carbocycles. The molecule has 0 spiro atoms. The van der Waals surface area contributed by atoms with Gasteiger partial charge in [-0.3, -0.25) is 0 Å². The molecule has 2 N–H and O–H groups in total. The molecule has 20 heavy (non-hydrogen) atoms. The smallest absolute Gasteiger partial charge is 0.118 e. The average Bonchev–Trinajstić information content (AvgIpc) is 2.91. The van der Waals surface area contributed by atoms with Crippen LogP contribution in [0.1, 0.15) is 25.7 Å². The van der Waals surface area contributed by atoms with Gasteiger partial charge >= 0.3 is 0 Å². The summed E-state index contributed by atoms with van der Waals surface area (Å²) in [6.07, 6.45) is 4.69. The number of rotatable bonds is 7. The fraction of sp³-hybridized carbons (Fsp3) is 0.625. The molecular weight excluding hydrogens is 270 g/mol. The van der Waals surface area contributed by atoms with Crippen LogP contribution >= 0.6 is 11.8 Å². The first kappa shape index (κ1) is 15.7. The number of hydrogen-bond acceptors (Lipinski definition) is 4. The van der Waals surface area contributed by atoms with Crippen LogP contribution in [0, 0.1) is 5.92 Å². The minimum absolute atomic E-state index is 0.0412. The molecule has 0 aromatic heterocycles. The van der Waals surface area contributed by atoms with E-state index in [1.54, 1.807) is 7.11 Å². The van der Waals surface area contributed by atoms with E-state index in [4.69, 9.17) is 4.74 Å². The van der Waals surface area contributed by atoms with Crippen molar-refractivity contribution in [3.8, 4) is 5.75 Å². The second-order valence-electron chi connectivity index (χ2n) is 5.47. The van der Waals surface area contributed by atoms with Crippen LogP contribution in [0.15, 0.2) is 29.2 Å². The number of aliphatic hydroxyl groups is 1. The van der Waals surface area contributed by atoms with Crippen molar-refractivity contribution in [2.45, 2.75) is 36.1 Å². The standard InChI is InChI=1S/C16H25NO2S/c1-17-16(12-18)10-3-4-13(16)9-11-20-15-7-5-14(19-2)6-8-15/h5-8,13,17-18H,3-4,9-12H2,1-2H3. The Hall–Kier alpha value is -0.710. The predicted octanol–water partition coefficient (Wildman–Crippen LogP) is 2.93. The second kappa shape index (κ2) is 7.34. The number of methoxy groups -OCH3 is 1. The molecule has 3 nitrogen and oxygen atoms in total. The van der Waals surface area contributed by atoms with Crippen LogP contribution in [0.4, 0.5) is 0 Å². The van der Waals surface area contributed by atoms with E-state index in [1.165, 1.54) is 17.7 Å². The lowest BCUT2D eigenvalue weighted by atomic mass is 9.86. The maximum atomic E-state index is 9.68. The fourth-order valence-electron chi connectivity index (χ4n) is 3.17. The van der Waals surface area contributed by atoms with E-state index in [0.29, 0.717) is 5.92 Å². The Morgan fingerprint density at radius 3 is 2.75 bits per heavy atom. The van der Waals surface area contributed by atoms with Gasteiger partial charge in [-0.25, -0.2) is 0 Å². The van der Waals surface area contributed by atoms with Gasteiger partial charge in [-0.2, -0.15) is 0 Å². The molecule has 1 saturated carbocycles. The molecule has 1 fully saturated rings. The molecule has 1 aliphatic carbocycles. The largest absolute Gasteiger partial charge is 0.497 e. The first-order valence-electron chi connectivity index (χ1n) is 7.31. The van der Waals surface area contributed by atoms with Crippen molar-refractivity contribution in [3.05, 3.63) is 24.3 Å². The Balaban J connectivity index is 1.82. The summed E-state index contributed by atoms with van der Waals surface area (Å²) in [4.78, 5) is 1.28. The Morgan fingerprint density at radius 2 is 2.15 bits per heavy atom. The predicted molar refractivity (Wildman–Crippen MR) is 84.6 cm³/mol. The van der Waals surface area contributed by atoms with Crippen LogP contribution in [0.25, 0.3) is 0 Å².